The number of amides is 1. The van der Waals surface area contributed by atoms with Gasteiger partial charge in [-0.05, 0) is 30.2 Å². The van der Waals surface area contributed by atoms with Gasteiger partial charge in [-0.15, -0.1) is 0 Å². The standard InChI is InChI=1S/C15H13NO5S2/c1-2-9(14(18)19)16-13(17)12(23-15(16)22)6-8-3-4-10-11(5-8)21-7-20-10/h3-6,9H,2,7H2,1H3,(H,18,19)/p-1/b12-6-/t9-/m0/s1. The second kappa shape index (κ2) is 6.21. The Balaban J connectivity index is 1.88. The third kappa shape index (κ3) is 2.91. The second-order valence-corrected chi connectivity index (χ2v) is 6.58. The first-order chi connectivity index (χ1) is 11.0. The molecule has 2 heterocycles. The average molecular weight is 350 g/mol. The quantitative estimate of drug-likeness (QED) is 0.595. The molecule has 6 nitrogen and oxygen atoms in total. The molecule has 0 aromatic heterocycles. The first-order valence-electron chi connectivity index (χ1n) is 6.89. The summed E-state index contributed by atoms with van der Waals surface area (Å²) in [6, 6.07) is 4.25. The normalized spacial score (nSPS) is 19.5. The number of thiocarbonyl (C=S) groups is 1. The van der Waals surface area contributed by atoms with Crippen molar-refractivity contribution in [1.82, 2.24) is 4.90 Å². The maximum absolute atomic E-state index is 12.5. The van der Waals surface area contributed by atoms with Crippen LogP contribution >= 0.6 is 24.0 Å². The van der Waals surface area contributed by atoms with E-state index >= 15 is 0 Å². The number of aliphatic carboxylic acids is 1. The fourth-order valence-corrected chi connectivity index (χ4v) is 3.71. The molecule has 0 spiro atoms. The summed E-state index contributed by atoms with van der Waals surface area (Å²) in [5, 5.41) is 11.2. The zero-order chi connectivity index (χ0) is 16.6. The first-order valence-corrected chi connectivity index (χ1v) is 8.11. The average Bonchev–Trinajstić information content (AvgIpc) is 3.07. The topological polar surface area (TPSA) is 78.9 Å². The van der Waals surface area contributed by atoms with E-state index in [1.807, 2.05) is 0 Å². The number of hydrogen-bond donors (Lipinski definition) is 0. The van der Waals surface area contributed by atoms with E-state index in [-0.39, 0.29) is 17.5 Å². The number of benzene rings is 1. The minimum Gasteiger partial charge on any atom is -0.548 e. The molecule has 1 aromatic carbocycles. The second-order valence-electron chi connectivity index (χ2n) is 4.91. The number of thioether (sulfide) groups is 1. The van der Waals surface area contributed by atoms with Crippen molar-refractivity contribution in [3.05, 3.63) is 28.7 Å². The summed E-state index contributed by atoms with van der Waals surface area (Å²) >= 11 is 6.22. The van der Waals surface area contributed by atoms with Gasteiger partial charge in [0.15, 0.2) is 11.5 Å². The molecule has 23 heavy (non-hydrogen) atoms. The van der Waals surface area contributed by atoms with Crippen LogP contribution in [0.5, 0.6) is 11.5 Å². The predicted octanol–water partition coefficient (Wildman–Crippen LogP) is 1.15. The molecule has 2 aliphatic heterocycles. The Morgan fingerprint density at radius 1 is 1.48 bits per heavy atom. The van der Waals surface area contributed by atoms with Crippen molar-refractivity contribution in [3.8, 4) is 11.5 Å². The highest BCUT2D eigenvalue weighted by molar-refractivity contribution is 8.26. The van der Waals surface area contributed by atoms with E-state index in [2.05, 4.69) is 0 Å². The molecule has 1 aromatic rings. The molecular formula is C15H12NO5S2-. The molecule has 1 atom stereocenters. The van der Waals surface area contributed by atoms with Gasteiger partial charge < -0.3 is 19.4 Å². The summed E-state index contributed by atoms with van der Waals surface area (Å²) < 4.78 is 10.7. The Labute approximate surface area is 142 Å². The monoisotopic (exact) mass is 350 g/mol. The van der Waals surface area contributed by atoms with Gasteiger partial charge in [0.05, 0.1) is 16.9 Å². The van der Waals surface area contributed by atoms with Crippen molar-refractivity contribution in [2.45, 2.75) is 19.4 Å². The summed E-state index contributed by atoms with van der Waals surface area (Å²) in [5.74, 6) is -0.477. The Morgan fingerprint density at radius 3 is 2.91 bits per heavy atom. The van der Waals surface area contributed by atoms with Crippen LogP contribution in [0.2, 0.25) is 0 Å². The van der Waals surface area contributed by atoms with Crippen molar-refractivity contribution in [2.75, 3.05) is 6.79 Å². The van der Waals surface area contributed by atoms with Gasteiger partial charge in [-0.25, -0.2) is 0 Å². The van der Waals surface area contributed by atoms with E-state index in [1.165, 1.54) is 0 Å². The van der Waals surface area contributed by atoms with E-state index < -0.39 is 17.9 Å². The fraction of sp³-hybridized carbons (Fsp3) is 0.267. The molecule has 8 heteroatoms. The van der Waals surface area contributed by atoms with Crippen molar-refractivity contribution < 1.29 is 24.2 Å². The van der Waals surface area contributed by atoms with Gasteiger partial charge in [0.25, 0.3) is 5.91 Å². The van der Waals surface area contributed by atoms with E-state index in [0.717, 1.165) is 22.2 Å². The smallest absolute Gasteiger partial charge is 0.266 e. The Morgan fingerprint density at radius 2 is 2.22 bits per heavy atom. The van der Waals surface area contributed by atoms with Crippen LogP contribution in [0.3, 0.4) is 0 Å². The summed E-state index contributed by atoms with van der Waals surface area (Å²) in [7, 11) is 0. The highest BCUT2D eigenvalue weighted by Gasteiger charge is 2.37. The lowest BCUT2D eigenvalue weighted by Gasteiger charge is -2.26. The maximum Gasteiger partial charge on any atom is 0.266 e. The zero-order valence-corrected chi connectivity index (χ0v) is 13.7. The minimum atomic E-state index is -1.31. The van der Waals surface area contributed by atoms with E-state index in [9.17, 15) is 14.7 Å². The molecule has 0 unspecified atom stereocenters. The van der Waals surface area contributed by atoms with Crippen LogP contribution in [0, 0.1) is 0 Å². The highest BCUT2D eigenvalue weighted by Crippen LogP contribution is 2.37. The number of carboxylic acids is 1. The first kappa shape index (κ1) is 15.8. The SMILES string of the molecule is CC[C@@H](C(=O)[O-])N1C(=O)/C(=C/c2ccc3c(c2)OCO3)SC1=S. The van der Waals surface area contributed by atoms with Crippen LogP contribution in [0.25, 0.3) is 6.08 Å². The predicted molar refractivity (Wildman–Crippen MR) is 86.7 cm³/mol. The van der Waals surface area contributed by atoms with E-state index in [0.29, 0.717) is 16.4 Å². The Bertz CT molecular complexity index is 731. The van der Waals surface area contributed by atoms with Crippen molar-refractivity contribution >= 4 is 46.3 Å². The van der Waals surface area contributed by atoms with Gasteiger partial charge in [0, 0.05) is 0 Å². The molecular weight excluding hydrogens is 338 g/mol. The zero-order valence-electron chi connectivity index (χ0n) is 12.1. The number of fused-ring (bicyclic) bond motifs is 1. The molecule has 0 N–H and O–H groups in total. The fourth-order valence-electron chi connectivity index (χ4n) is 2.36. The van der Waals surface area contributed by atoms with E-state index in [1.54, 1.807) is 31.2 Å². The van der Waals surface area contributed by atoms with Crippen molar-refractivity contribution in [3.63, 3.8) is 0 Å². The van der Waals surface area contributed by atoms with Crippen LogP contribution in [0.4, 0.5) is 0 Å². The summed E-state index contributed by atoms with van der Waals surface area (Å²) in [6.07, 6.45) is 1.88. The number of rotatable bonds is 4. The lowest BCUT2D eigenvalue weighted by molar-refractivity contribution is -0.310. The molecule has 0 saturated carbocycles. The summed E-state index contributed by atoms with van der Waals surface area (Å²) in [5.41, 5.74) is 0.747. The Kier molecular flexibility index (Phi) is 4.27. The van der Waals surface area contributed by atoms with E-state index in [4.69, 9.17) is 21.7 Å². The van der Waals surface area contributed by atoms with Gasteiger partial charge in [-0.1, -0.05) is 37.0 Å². The number of carbonyl (C=O) groups excluding carboxylic acids is 2. The lowest BCUT2D eigenvalue weighted by atomic mass is 10.1. The number of ether oxygens (including phenoxy) is 2. The number of hydrogen-bond acceptors (Lipinski definition) is 7. The summed E-state index contributed by atoms with van der Waals surface area (Å²) in [6.45, 7) is 1.84. The third-order valence-electron chi connectivity index (χ3n) is 3.49. The number of carboxylic acid groups (broad SMARTS) is 1. The third-order valence-corrected chi connectivity index (χ3v) is 4.82. The molecule has 1 amide bonds. The maximum atomic E-state index is 12.5. The molecule has 1 saturated heterocycles. The number of nitrogens with zero attached hydrogens (tertiary/aromatic N) is 1. The molecule has 0 radical (unpaired) electrons. The minimum absolute atomic E-state index is 0.171. The van der Waals surface area contributed by atoms with Crippen LogP contribution in [0.1, 0.15) is 18.9 Å². The van der Waals surface area contributed by atoms with Crippen molar-refractivity contribution in [1.29, 1.82) is 0 Å². The van der Waals surface area contributed by atoms with Crippen LogP contribution in [-0.2, 0) is 9.59 Å². The van der Waals surface area contributed by atoms with Gasteiger partial charge in [-0.2, -0.15) is 0 Å². The van der Waals surface area contributed by atoms with Gasteiger partial charge in [-0.3, -0.25) is 9.69 Å². The van der Waals surface area contributed by atoms with Gasteiger partial charge >= 0.3 is 0 Å². The Hall–Kier alpha value is -2.06. The van der Waals surface area contributed by atoms with Crippen LogP contribution in [0.15, 0.2) is 23.1 Å². The van der Waals surface area contributed by atoms with Crippen LogP contribution in [-0.4, -0.2) is 33.9 Å². The molecule has 0 aliphatic carbocycles. The lowest BCUT2D eigenvalue weighted by Crippen LogP contribution is -2.49. The van der Waals surface area contributed by atoms with Gasteiger partial charge in [0.1, 0.15) is 4.32 Å². The molecule has 2 aliphatic rings. The molecule has 1 fully saturated rings. The van der Waals surface area contributed by atoms with Gasteiger partial charge in [0.2, 0.25) is 6.79 Å². The van der Waals surface area contributed by atoms with Crippen molar-refractivity contribution in [2.24, 2.45) is 0 Å². The number of carbonyl (C=O) groups is 2. The molecule has 120 valence electrons. The molecule has 3 rings (SSSR count). The highest BCUT2D eigenvalue weighted by atomic mass is 32.2. The molecule has 0 bridgehead atoms. The summed E-state index contributed by atoms with van der Waals surface area (Å²) in [4.78, 5) is 25.1. The largest absolute Gasteiger partial charge is 0.548 e. The van der Waals surface area contributed by atoms with Crippen LogP contribution < -0.4 is 14.6 Å².